The average Bonchev–Trinajstić information content (AvgIpc) is 2.10. The van der Waals surface area contributed by atoms with Crippen molar-refractivity contribution in [3.8, 4) is 0 Å². The van der Waals surface area contributed by atoms with Gasteiger partial charge in [0.2, 0.25) is 0 Å². The molecule has 0 aliphatic heterocycles. The van der Waals surface area contributed by atoms with Crippen LogP contribution in [0.25, 0.3) is 0 Å². The molecule has 0 spiro atoms. The summed E-state index contributed by atoms with van der Waals surface area (Å²) < 4.78 is 5.11. The molecule has 0 aliphatic rings. The second-order valence-electron chi connectivity index (χ2n) is 5.81. The fourth-order valence-electron chi connectivity index (χ4n) is 0.957. The number of hydrogen-bond donors (Lipinski definition) is 2. The molecule has 0 fully saturated rings. The monoisotopic (exact) mass is 244 g/mol. The third-order valence-corrected chi connectivity index (χ3v) is 1.97. The summed E-state index contributed by atoms with van der Waals surface area (Å²) in [5.41, 5.74) is 3.40. The Morgan fingerprint density at radius 2 is 1.71 bits per heavy atom. The van der Waals surface area contributed by atoms with Gasteiger partial charge in [0.05, 0.1) is 0 Å². The number of nitrogens with one attached hydrogen (secondary N) is 1. The Hall–Kier alpha value is -1.10. The average molecular weight is 244 g/mol. The Kier molecular flexibility index (Phi) is 5.13. The summed E-state index contributed by atoms with van der Waals surface area (Å²) in [6.07, 6.45) is 0. The van der Waals surface area contributed by atoms with E-state index in [1.807, 2.05) is 13.8 Å². The van der Waals surface area contributed by atoms with Crippen LogP contribution in [0.15, 0.2) is 0 Å². The van der Waals surface area contributed by atoms with Crippen molar-refractivity contribution in [2.75, 3.05) is 6.54 Å². The summed E-state index contributed by atoms with van der Waals surface area (Å²) in [4.78, 5) is 23.5. The zero-order chi connectivity index (χ0) is 13.9. The number of rotatable bonds is 4. The number of nitrogens with two attached hydrogens (primary N) is 1. The van der Waals surface area contributed by atoms with Crippen LogP contribution in [0.5, 0.6) is 0 Å². The molecule has 0 saturated heterocycles. The highest BCUT2D eigenvalue weighted by Crippen LogP contribution is 2.12. The van der Waals surface area contributed by atoms with E-state index >= 15 is 0 Å². The summed E-state index contributed by atoms with van der Waals surface area (Å²) in [6, 6.07) is 0. The zero-order valence-corrected chi connectivity index (χ0v) is 11.6. The molecule has 0 unspecified atom stereocenters. The van der Waals surface area contributed by atoms with Gasteiger partial charge in [0, 0.05) is 6.54 Å². The lowest BCUT2D eigenvalue weighted by atomic mass is 10.0. The van der Waals surface area contributed by atoms with E-state index in [9.17, 15) is 9.59 Å². The lowest BCUT2D eigenvalue weighted by Crippen LogP contribution is -2.59. The molecule has 0 bridgehead atoms. The van der Waals surface area contributed by atoms with E-state index in [0.717, 1.165) is 0 Å². The number of esters is 1. The maximum atomic E-state index is 11.8. The summed E-state index contributed by atoms with van der Waals surface area (Å²) in [7, 11) is 0. The number of carbonyl (C=O) groups is 2. The topological polar surface area (TPSA) is 81.4 Å². The van der Waals surface area contributed by atoms with Gasteiger partial charge >= 0.3 is 5.97 Å². The van der Waals surface area contributed by atoms with Crippen molar-refractivity contribution in [3.05, 3.63) is 0 Å². The van der Waals surface area contributed by atoms with Crippen molar-refractivity contribution in [2.45, 2.75) is 52.7 Å². The van der Waals surface area contributed by atoms with Crippen molar-refractivity contribution in [2.24, 2.45) is 11.7 Å². The first-order valence-electron chi connectivity index (χ1n) is 5.77. The Bertz CT molecular complexity index is 291. The van der Waals surface area contributed by atoms with Crippen molar-refractivity contribution in [3.63, 3.8) is 0 Å². The van der Waals surface area contributed by atoms with E-state index < -0.39 is 23.0 Å². The molecule has 1 atom stereocenters. The van der Waals surface area contributed by atoms with Crippen LogP contribution in [0.2, 0.25) is 0 Å². The molecule has 0 radical (unpaired) electrons. The number of ether oxygens (including phenoxy) is 1. The maximum absolute atomic E-state index is 11.8. The number of carbonyl (C=O) groups excluding carboxylic acids is 2. The summed E-state index contributed by atoms with van der Waals surface area (Å²) >= 11 is 0. The second-order valence-corrected chi connectivity index (χ2v) is 5.81. The van der Waals surface area contributed by atoms with Gasteiger partial charge in [0.25, 0.3) is 5.91 Å². The van der Waals surface area contributed by atoms with Crippen LogP contribution in [-0.2, 0) is 14.3 Å². The molecule has 5 nitrogen and oxygen atoms in total. The minimum absolute atomic E-state index is 0.299. The lowest BCUT2D eigenvalue weighted by molar-refractivity contribution is -0.163. The minimum atomic E-state index is -1.65. The first-order chi connectivity index (χ1) is 7.47. The van der Waals surface area contributed by atoms with Gasteiger partial charge in [-0.2, -0.15) is 0 Å². The fourth-order valence-corrected chi connectivity index (χ4v) is 0.957. The summed E-state index contributed by atoms with van der Waals surface area (Å²) in [5, 5.41) is 2.62. The van der Waals surface area contributed by atoms with Crippen LogP contribution in [0.1, 0.15) is 41.5 Å². The first-order valence-corrected chi connectivity index (χ1v) is 5.77. The lowest BCUT2D eigenvalue weighted by Gasteiger charge is -2.27. The molecule has 0 aromatic rings. The highest BCUT2D eigenvalue weighted by atomic mass is 16.6. The standard InChI is InChI=1S/C12H24N2O3/c1-8(2)7-14-9(15)12(6,13)10(16)17-11(3,4)5/h8H,7,13H2,1-6H3,(H,14,15)/t12-/m0/s1. The molecule has 1 amide bonds. The van der Waals surface area contributed by atoms with Crippen molar-refractivity contribution in [1.29, 1.82) is 0 Å². The summed E-state index contributed by atoms with van der Waals surface area (Å²) in [6.45, 7) is 10.9. The third-order valence-electron chi connectivity index (χ3n) is 1.97. The molecular formula is C12H24N2O3. The van der Waals surface area contributed by atoms with Gasteiger partial charge < -0.3 is 15.8 Å². The molecule has 0 saturated carbocycles. The van der Waals surface area contributed by atoms with Crippen LogP contribution >= 0.6 is 0 Å². The van der Waals surface area contributed by atoms with Crippen LogP contribution in [-0.4, -0.2) is 29.6 Å². The van der Waals surface area contributed by atoms with Gasteiger partial charge in [-0.1, -0.05) is 13.8 Å². The zero-order valence-electron chi connectivity index (χ0n) is 11.6. The Morgan fingerprint density at radius 1 is 1.24 bits per heavy atom. The van der Waals surface area contributed by atoms with Gasteiger partial charge in [-0.15, -0.1) is 0 Å². The second kappa shape index (κ2) is 5.49. The Balaban J connectivity index is 4.54. The molecule has 0 aromatic carbocycles. The SMILES string of the molecule is CC(C)CNC(=O)[C@](C)(N)C(=O)OC(C)(C)C. The predicted octanol–water partition coefficient (Wildman–Crippen LogP) is 0.818. The molecular weight excluding hydrogens is 220 g/mol. The van der Waals surface area contributed by atoms with Crippen molar-refractivity contribution < 1.29 is 14.3 Å². The quantitative estimate of drug-likeness (QED) is 0.566. The number of hydrogen-bond acceptors (Lipinski definition) is 4. The van der Waals surface area contributed by atoms with E-state index in [0.29, 0.717) is 12.5 Å². The van der Waals surface area contributed by atoms with Crippen molar-refractivity contribution in [1.82, 2.24) is 5.32 Å². The highest BCUT2D eigenvalue weighted by Gasteiger charge is 2.40. The maximum Gasteiger partial charge on any atom is 0.336 e. The predicted molar refractivity (Wildman–Crippen MR) is 66.3 cm³/mol. The molecule has 0 heterocycles. The van der Waals surface area contributed by atoms with E-state index in [2.05, 4.69) is 5.32 Å². The van der Waals surface area contributed by atoms with E-state index in [1.54, 1.807) is 20.8 Å². The van der Waals surface area contributed by atoms with Crippen LogP contribution in [0.3, 0.4) is 0 Å². The van der Waals surface area contributed by atoms with Gasteiger partial charge in [0.1, 0.15) is 5.60 Å². The van der Waals surface area contributed by atoms with E-state index in [-0.39, 0.29) is 0 Å². The minimum Gasteiger partial charge on any atom is -0.458 e. The van der Waals surface area contributed by atoms with Gasteiger partial charge in [-0.05, 0) is 33.6 Å². The molecule has 17 heavy (non-hydrogen) atoms. The molecule has 0 aliphatic carbocycles. The third kappa shape index (κ3) is 5.68. The van der Waals surface area contributed by atoms with Crippen molar-refractivity contribution >= 4 is 11.9 Å². The Morgan fingerprint density at radius 3 is 2.06 bits per heavy atom. The van der Waals surface area contributed by atoms with Gasteiger partial charge in [0.15, 0.2) is 5.54 Å². The fraction of sp³-hybridized carbons (Fsp3) is 0.833. The van der Waals surface area contributed by atoms with E-state index in [4.69, 9.17) is 10.5 Å². The van der Waals surface area contributed by atoms with Gasteiger partial charge in [-0.3, -0.25) is 4.79 Å². The molecule has 3 N–H and O–H groups in total. The largest absolute Gasteiger partial charge is 0.458 e. The normalized spacial score (nSPS) is 15.3. The van der Waals surface area contributed by atoms with Gasteiger partial charge in [-0.25, -0.2) is 4.79 Å². The van der Waals surface area contributed by atoms with E-state index in [1.165, 1.54) is 6.92 Å². The molecule has 5 heteroatoms. The molecule has 100 valence electrons. The van der Waals surface area contributed by atoms with Crippen LogP contribution in [0.4, 0.5) is 0 Å². The molecule has 0 aromatic heterocycles. The van der Waals surface area contributed by atoms with Crippen LogP contribution < -0.4 is 11.1 Å². The summed E-state index contributed by atoms with van der Waals surface area (Å²) in [5.74, 6) is -0.930. The van der Waals surface area contributed by atoms with Crippen LogP contribution in [0, 0.1) is 5.92 Å². The molecule has 0 rings (SSSR count). The number of amides is 1. The highest BCUT2D eigenvalue weighted by molar-refractivity contribution is 6.06. The first kappa shape index (κ1) is 15.9. The smallest absolute Gasteiger partial charge is 0.336 e. The Labute approximate surface area is 103 Å².